The van der Waals surface area contributed by atoms with Crippen LogP contribution in [0.2, 0.25) is 0 Å². The van der Waals surface area contributed by atoms with Crippen LogP contribution in [0.1, 0.15) is 26.3 Å². The highest BCUT2D eigenvalue weighted by molar-refractivity contribution is 6.09. The molecule has 5 rings (SSSR count). The van der Waals surface area contributed by atoms with E-state index in [1.165, 1.54) is 6.20 Å². The number of anilines is 5. The monoisotopic (exact) mass is 464 g/mol. The summed E-state index contributed by atoms with van der Waals surface area (Å²) in [6.07, 6.45) is 3.21. The second-order valence-corrected chi connectivity index (χ2v) is 8.34. The van der Waals surface area contributed by atoms with E-state index in [9.17, 15) is 9.59 Å². The van der Waals surface area contributed by atoms with Gasteiger partial charge >= 0.3 is 0 Å². The number of hydrogen-bond acceptors (Lipinski definition) is 6. The van der Waals surface area contributed by atoms with Crippen LogP contribution < -0.4 is 20.4 Å². The maximum atomic E-state index is 13.5. The fourth-order valence-corrected chi connectivity index (χ4v) is 4.05. The summed E-state index contributed by atoms with van der Waals surface area (Å²) < 4.78 is 0. The summed E-state index contributed by atoms with van der Waals surface area (Å²) in [5.74, 6) is 0.633. The highest BCUT2D eigenvalue weighted by Gasteiger charge is 2.25. The number of pyridine rings is 2. The third-order valence-electron chi connectivity index (χ3n) is 5.80. The summed E-state index contributed by atoms with van der Waals surface area (Å²) in [4.78, 5) is 38.7. The van der Waals surface area contributed by atoms with Crippen molar-refractivity contribution in [2.45, 2.75) is 6.54 Å². The highest BCUT2D eigenvalue weighted by Crippen LogP contribution is 2.35. The molecule has 0 aliphatic carbocycles. The molecular formula is C27H24N6O2. The predicted octanol–water partition coefficient (Wildman–Crippen LogP) is 4.70. The van der Waals surface area contributed by atoms with E-state index < -0.39 is 0 Å². The molecule has 2 aromatic carbocycles. The van der Waals surface area contributed by atoms with Gasteiger partial charge in [-0.05, 0) is 42.5 Å². The fourth-order valence-electron chi connectivity index (χ4n) is 4.05. The molecule has 0 fully saturated rings. The normalized spacial score (nSPS) is 12.0. The smallest absolute Gasteiger partial charge is 0.260 e. The van der Waals surface area contributed by atoms with E-state index in [2.05, 4.69) is 20.6 Å². The summed E-state index contributed by atoms with van der Waals surface area (Å²) in [6.45, 7) is 0.367. The van der Waals surface area contributed by atoms with E-state index in [-0.39, 0.29) is 11.8 Å². The molecule has 0 saturated carbocycles. The van der Waals surface area contributed by atoms with Crippen molar-refractivity contribution in [3.8, 4) is 0 Å². The Morgan fingerprint density at radius 2 is 1.74 bits per heavy atom. The lowest BCUT2D eigenvalue weighted by Crippen LogP contribution is -2.30. The van der Waals surface area contributed by atoms with Crippen LogP contribution in [0.4, 0.5) is 28.7 Å². The summed E-state index contributed by atoms with van der Waals surface area (Å²) in [5.41, 5.74) is 4.23. The Morgan fingerprint density at radius 3 is 2.54 bits per heavy atom. The first kappa shape index (κ1) is 22.1. The maximum Gasteiger partial charge on any atom is 0.260 e. The average Bonchev–Trinajstić information content (AvgIpc) is 3.05. The number of carbonyl (C=O) groups excluding carboxylic acids is 2. The molecule has 35 heavy (non-hydrogen) atoms. The van der Waals surface area contributed by atoms with Gasteiger partial charge in [0.05, 0.1) is 29.0 Å². The second kappa shape index (κ2) is 9.26. The van der Waals surface area contributed by atoms with Gasteiger partial charge in [-0.25, -0.2) is 9.97 Å². The van der Waals surface area contributed by atoms with Crippen LogP contribution in [0.25, 0.3) is 0 Å². The molecule has 2 aromatic heterocycles. The lowest BCUT2D eigenvalue weighted by molar-refractivity contribution is 0.0984. The highest BCUT2D eigenvalue weighted by atomic mass is 16.2. The number of aromatic nitrogens is 2. The maximum absolute atomic E-state index is 13.5. The van der Waals surface area contributed by atoms with Crippen LogP contribution >= 0.6 is 0 Å². The molecule has 0 spiro atoms. The standard InChI is InChI=1S/C27H24N6O2/c1-32(2)22-11-5-3-9-20(22)26(34)31-24-14-13-18(16-29-24)27(35)33-17-19-8-7-15-28-25(19)30-21-10-4-6-12-23(21)33/h3-16H,17H2,1-2H3,(H,28,30)(H,29,31,34). The van der Waals surface area contributed by atoms with Crippen molar-refractivity contribution in [3.05, 3.63) is 102 Å². The van der Waals surface area contributed by atoms with Gasteiger partial charge in [0.15, 0.2) is 0 Å². The van der Waals surface area contributed by atoms with Crippen molar-refractivity contribution in [2.75, 3.05) is 34.5 Å². The zero-order chi connectivity index (χ0) is 24.4. The molecule has 2 amide bonds. The van der Waals surface area contributed by atoms with E-state index in [0.717, 1.165) is 28.4 Å². The number of fused-ring (bicyclic) bond motifs is 2. The van der Waals surface area contributed by atoms with Crippen molar-refractivity contribution < 1.29 is 9.59 Å². The summed E-state index contributed by atoms with van der Waals surface area (Å²) in [6, 6.07) is 22.1. The third-order valence-corrected chi connectivity index (χ3v) is 5.80. The molecule has 8 nitrogen and oxygen atoms in total. The number of hydrogen-bond donors (Lipinski definition) is 2. The van der Waals surface area contributed by atoms with Crippen molar-refractivity contribution in [2.24, 2.45) is 0 Å². The Balaban J connectivity index is 1.39. The van der Waals surface area contributed by atoms with Crippen molar-refractivity contribution in [1.82, 2.24) is 9.97 Å². The molecule has 1 aliphatic heterocycles. The van der Waals surface area contributed by atoms with Crippen LogP contribution in [0, 0.1) is 0 Å². The molecule has 1 aliphatic rings. The van der Waals surface area contributed by atoms with E-state index in [1.54, 1.807) is 29.3 Å². The molecule has 2 N–H and O–H groups in total. The average molecular weight is 465 g/mol. The van der Waals surface area contributed by atoms with Crippen LogP contribution in [-0.4, -0.2) is 35.9 Å². The van der Waals surface area contributed by atoms with E-state index in [0.29, 0.717) is 23.5 Å². The number of nitrogens with zero attached hydrogens (tertiary/aromatic N) is 4. The summed E-state index contributed by atoms with van der Waals surface area (Å²) in [5, 5.41) is 6.14. The molecule has 0 unspecified atom stereocenters. The van der Waals surface area contributed by atoms with Gasteiger partial charge in [-0.2, -0.15) is 0 Å². The van der Waals surface area contributed by atoms with Gasteiger partial charge in [0.1, 0.15) is 11.6 Å². The quantitative estimate of drug-likeness (QED) is 0.455. The zero-order valence-electron chi connectivity index (χ0n) is 19.4. The largest absolute Gasteiger partial charge is 0.377 e. The topological polar surface area (TPSA) is 90.5 Å². The van der Waals surface area contributed by atoms with Gasteiger partial charge in [0.2, 0.25) is 0 Å². The predicted molar refractivity (Wildman–Crippen MR) is 137 cm³/mol. The first-order chi connectivity index (χ1) is 17.0. The molecule has 0 radical (unpaired) electrons. The van der Waals surface area contributed by atoms with Crippen LogP contribution in [-0.2, 0) is 6.54 Å². The Labute approximate surface area is 203 Å². The summed E-state index contributed by atoms with van der Waals surface area (Å²) >= 11 is 0. The van der Waals surface area contributed by atoms with Gasteiger partial charge in [0, 0.05) is 37.7 Å². The molecule has 0 bridgehead atoms. The zero-order valence-corrected chi connectivity index (χ0v) is 19.4. The number of amides is 2. The molecule has 0 saturated heterocycles. The molecule has 3 heterocycles. The Hall–Kier alpha value is -4.72. The number of para-hydroxylation sites is 3. The molecule has 8 heteroatoms. The van der Waals surface area contributed by atoms with Gasteiger partial charge < -0.3 is 20.4 Å². The van der Waals surface area contributed by atoms with Gasteiger partial charge in [-0.1, -0.05) is 30.3 Å². The van der Waals surface area contributed by atoms with Crippen molar-refractivity contribution in [3.63, 3.8) is 0 Å². The van der Waals surface area contributed by atoms with Crippen LogP contribution in [0.5, 0.6) is 0 Å². The van der Waals surface area contributed by atoms with Crippen molar-refractivity contribution >= 4 is 40.5 Å². The van der Waals surface area contributed by atoms with Crippen LogP contribution in [0.15, 0.2) is 85.2 Å². The Morgan fingerprint density at radius 1 is 0.943 bits per heavy atom. The minimum absolute atomic E-state index is 0.195. The lowest BCUT2D eigenvalue weighted by atomic mass is 10.1. The third kappa shape index (κ3) is 4.41. The minimum Gasteiger partial charge on any atom is -0.377 e. The Kier molecular flexibility index (Phi) is 5.85. The lowest BCUT2D eigenvalue weighted by Gasteiger charge is -2.22. The first-order valence-corrected chi connectivity index (χ1v) is 11.2. The number of benzene rings is 2. The number of nitrogens with one attached hydrogen (secondary N) is 2. The molecule has 4 aromatic rings. The Bertz CT molecular complexity index is 1400. The molecule has 174 valence electrons. The van der Waals surface area contributed by atoms with Crippen molar-refractivity contribution in [1.29, 1.82) is 0 Å². The molecule has 0 atom stereocenters. The van der Waals surface area contributed by atoms with E-state index in [1.807, 2.05) is 73.6 Å². The fraction of sp³-hybridized carbons (Fsp3) is 0.111. The summed E-state index contributed by atoms with van der Waals surface area (Å²) in [7, 11) is 3.77. The number of rotatable bonds is 4. The van der Waals surface area contributed by atoms with Gasteiger partial charge in [-0.3, -0.25) is 9.59 Å². The second-order valence-electron chi connectivity index (χ2n) is 8.34. The first-order valence-electron chi connectivity index (χ1n) is 11.2. The van der Waals surface area contributed by atoms with E-state index >= 15 is 0 Å². The van der Waals surface area contributed by atoms with Gasteiger partial charge in [0.25, 0.3) is 11.8 Å². The minimum atomic E-state index is -0.266. The number of carbonyl (C=O) groups is 2. The van der Waals surface area contributed by atoms with Gasteiger partial charge in [-0.15, -0.1) is 0 Å². The SMILES string of the molecule is CN(C)c1ccccc1C(=O)Nc1ccc(C(=O)N2Cc3cccnc3Nc3ccccc32)cn1. The van der Waals surface area contributed by atoms with Crippen LogP contribution in [0.3, 0.4) is 0 Å². The molecular weight excluding hydrogens is 440 g/mol. The van der Waals surface area contributed by atoms with E-state index in [4.69, 9.17) is 0 Å².